The molecule has 276 valence electrons. The van der Waals surface area contributed by atoms with Crippen LogP contribution >= 0.6 is 0 Å². The van der Waals surface area contributed by atoms with E-state index in [2.05, 4.69) is 30.0 Å². The first-order valence-electron chi connectivity index (χ1n) is 17.0. The fraction of sp³-hybridized carbons (Fsp3) is 0.0667. The Kier molecular flexibility index (Phi) is 16.9. The zero-order valence-electron chi connectivity index (χ0n) is 30.1. The summed E-state index contributed by atoms with van der Waals surface area (Å²) in [6, 6.07) is 43.9. The van der Waals surface area contributed by atoms with Crippen molar-refractivity contribution in [2.24, 2.45) is 30.0 Å². The Morgan fingerprint density at radius 3 is 0.842 bits per heavy atom. The van der Waals surface area contributed by atoms with Crippen molar-refractivity contribution in [3.8, 4) is 0 Å². The second-order valence-corrected chi connectivity index (χ2v) is 11.6. The molecule has 57 heavy (non-hydrogen) atoms. The predicted octanol–water partition coefficient (Wildman–Crippen LogP) is 9.64. The molecule has 0 amide bonds. The lowest BCUT2D eigenvalue weighted by molar-refractivity contribution is 0.564. The van der Waals surface area contributed by atoms with Crippen molar-refractivity contribution < 1.29 is 28.8 Å². The minimum Gasteiger partial charge on any atom is -0.211 e. The van der Waals surface area contributed by atoms with E-state index in [4.69, 9.17) is 0 Å². The summed E-state index contributed by atoms with van der Waals surface area (Å²) in [6.07, 6.45) is 11.1. The smallest absolute Gasteiger partial charge is 0.211 e. The first-order valence-corrected chi connectivity index (χ1v) is 17.0. The molecule has 0 N–H and O–H groups in total. The molecule has 0 aliphatic heterocycles. The molecule has 0 aromatic heterocycles. The van der Waals surface area contributed by atoms with Crippen LogP contribution in [0.15, 0.2) is 176 Å². The Labute approximate surface area is 326 Å². The third-order valence-corrected chi connectivity index (χ3v) is 7.99. The van der Waals surface area contributed by atoms with Gasteiger partial charge in [-0.25, -0.2) is 28.8 Å². The monoisotopic (exact) mass is 750 g/mol. The van der Waals surface area contributed by atoms with Crippen molar-refractivity contribution >= 4 is 70.6 Å². The van der Waals surface area contributed by atoms with Crippen LogP contribution < -0.4 is 0 Å². The lowest BCUT2D eigenvalue weighted by atomic mass is 10.0. The summed E-state index contributed by atoms with van der Waals surface area (Å²) in [5.74, 6) is 0. The van der Waals surface area contributed by atoms with Crippen molar-refractivity contribution in [3.63, 3.8) is 0 Å². The molecule has 0 aliphatic carbocycles. The molecular formula is C45H30N6O6. The van der Waals surface area contributed by atoms with Crippen LogP contribution in [0.25, 0.3) is 0 Å². The van der Waals surface area contributed by atoms with Gasteiger partial charge in [0.1, 0.15) is 0 Å². The van der Waals surface area contributed by atoms with Gasteiger partial charge in [-0.3, -0.25) is 0 Å². The highest BCUT2D eigenvalue weighted by Crippen LogP contribution is 2.27. The first-order chi connectivity index (χ1) is 28.0. The highest BCUT2D eigenvalue weighted by atomic mass is 16.1. The molecule has 0 bridgehead atoms. The Hall–Kier alpha value is -8.40. The molecule has 0 heterocycles. The van der Waals surface area contributed by atoms with Gasteiger partial charge in [0.05, 0.1) is 34.1 Å². The molecule has 6 rings (SSSR count). The van der Waals surface area contributed by atoms with E-state index in [0.717, 1.165) is 39.8 Å². The largest absolute Gasteiger partial charge is 0.240 e. The second kappa shape index (κ2) is 23.3. The van der Waals surface area contributed by atoms with Crippen LogP contribution in [-0.4, -0.2) is 36.5 Å². The molecule has 0 saturated heterocycles. The number of para-hydroxylation sites is 3. The summed E-state index contributed by atoms with van der Waals surface area (Å²) in [5, 5.41) is 0. The minimum atomic E-state index is 0.530. The molecule has 6 aromatic rings. The van der Waals surface area contributed by atoms with E-state index < -0.39 is 0 Å². The number of isocyanates is 6. The average Bonchev–Trinajstić information content (AvgIpc) is 3.23. The number of nitrogens with zero attached hydrogens (tertiary/aromatic N) is 6. The van der Waals surface area contributed by atoms with Gasteiger partial charge in [-0.15, -0.1) is 0 Å². The van der Waals surface area contributed by atoms with Crippen LogP contribution in [0.4, 0.5) is 34.1 Å². The molecule has 12 nitrogen and oxygen atoms in total. The third-order valence-electron chi connectivity index (χ3n) is 7.99. The molecular weight excluding hydrogens is 721 g/mol. The van der Waals surface area contributed by atoms with E-state index in [-0.39, 0.29) is 0 Å². The number of carbonyl (C=O) groups excluding carboxylic acids is 6. The molecule has 0 aliphatic rings. The van der Waals surface area contributed by atoms with Gasteiger partial charge in [0.15, 0.2) is 0 Å². The van der Waals surface area contributed by atoms with Gasteiger partial charge in [-0.1, -0.05) is 91.0 Å². The normalized spacial score (nSPS) is 9.26. The van der Waals surface area contributed by atoms with Crippen LogP contribution in [0.5, 0.6) is 0 Å². The van der Waals surface area contributed by atoms with E-state index in [0.29, 0.717) is 47.0 Å². The number of benzene rings is 6. The fourth-order valence-electron chi connectivity index (χ4n) is 5.34. The van der Waals surface area contributed by atoms with E-state index >= 15 is 0 Å². The minimum absolute atomic E-state index is 0.530. The van der Waals surface area contributed by atoms with Gasteiger partial charge in [0.2, 0.25) is 36.5 Å². The van der Waals surface area contributed by atoms with Gasteiger partial charge in [-0.05, 0) is 101 Å². The number of hydrogen-bond acceptors (Lipinski definition) is 12. The average molecular weight is 751 g/mol. The van der Waals surface area contributed by atoms with Crippen LogP contribution in [0, 0.1) is 0 Å². The Morgan fingerprint density at radius 1 is 0.281 bits per heavy atom. The van der Waals surface area contributed by atoms with Crippen LogP contribution in [-0.2, 0) is 48.0 Å². The van der Waals surface area contributed by atoms with Gasteiger partial charge in [0, 0.05) is 6.42 Å². The SMILES string of the molecule is O=C=Nc1ccc(Cc2ccc(N=C=O)cc2)cc1.O=C=Nc1ccc(Cc2ccccc2N=C=O)cc1.O=C=Nc1ccccc1Cc1ccccc1N=C=O. The van der Waals surface area contributed by atoms with E-state index in [9.17, 15) is 28.8 Å². The summed E-state index contributed by atoms with van der Waals surface area (Å²) >= 11 is 0. The van der Waals surface area contributed by atoms with Crippen LogP contribution in [0.1, 0.15) is 33.4 Å². The zero-order chi connectivity index (χ0) is 40.5. The summed E-state index contributed by atoms with van der Waals surface area (Å²) in [4.78, 5) is 83.1. The molecule has 0 atom stereocenters. The molecule has 0 unspecified atom stereocenters. The van der Waals surface area contributed by atoms with Crippen molar-refractivity contribution in [3.05, 3.63) is 179 Å². The van der Waals surface area contributed by atoms with E-state index in [1.807, 2.05) is 78.9 Å². The Balaban J connectivity index is 0.000000189. The molecule has 0 spiro atoms. The van der Waals surface area contributed by atoms with Crippen LogP contribution in [0.2, 0.25) is 0 Å². The molecule has 0 fully saturated rings. The maximum atomic E-state index is 10.4. The van der Waals surface area contributed by atoms with Gasteiger partial charge >= 0.3 is 0 Å². The molecule has 0 saturated carbocycles. The van der Waals surface area contributed by atoms with Gasteiger partial charge in [0.25, 0.3) is 0 Å². The quantitative estimate of drug-likeness (QED) is 0.0888. The second-order valence-electron chi connectivity index (χ2n) is 11.6. The lowest BCUT2D eigenvalue weighted by Crippen LogP contribution is -1.89. The Bertz CT molecular complexity index is 2450. The molecule has 0 radical (unpaired) electrons. The molecule has 6 aromatic carbocycles. The predicted molar refractivity (Wildman–Crippen MR) is 214 cm³/mol. The molecule has 12 heteroatoms. The summed E-state index contributed by atoms with van der Waals surface area (Å²) < 4.78 is 0. The van der Waals surface area contributed by atoms with Gasteiger partial charge in [-0.2, -0.15) is 30.0 Å². The zero-order valence-corrected chi connectivity index (χ0v) is 30.1. The number of rotatable bonds is 12. The topological polar surface area (TPSA) is 177 Å². The van der Waals surface area contributed by atoms with Crippen LogP contribution in [0.3, 0.4) is 0 Å². The Morgan fingerprint density at radius 2 is 0.544 bits per heavy atom. The van der Waals surface area contributed by atoms with E-state index in [1.165, 1.54) is 30.4 Å². The lowest BCUT2D eigenvalue weighted by Gasteiger charge is -2.06. The maximum absolute atomic E-state index is 10.4. The number of hydrogen-bond donors (Lipinski definition) is 0. The number of aliphatic imine (C=N–C) groups is 6. The van der Waals surface area contributed by atoms with Crippen molar-refractivity contribution in [1.82, 2.24) is 0 Å². The maximum Gasteiger partial charge on any atom is 0.240 e. The summed E-state index contributed by atoms with van der Waals surface area (Å²) in [7, 11) is 0. The highest BCUT2D eigenvalue weighted by Gasteiger charge is 2.06. The fourth-order valence-corrected chi connectivity index (χ4v) is 5.34. The highest BCUT2D eigenvalue weighted by molar-refractivity contribution is 5.59. The van der Waals surface area contributed by atoms with E-state index in [1.54, 1.807) is 72.8 Å². The standard InChI is InChI=1S/3C15H10N2O2/c18-10-16-14-5-1-12(2-6-14)9-13-3-7-15(8-4-13)17-11-19;18-10-16-14-7-3-1-5-12(14)9-13-6-2-4-8-15(13)17-11-19;18-10-16-14-7-5-12(6-8-14)9-13-3-1-2-4-15(13)17-11-19/h3*1-8H,9H2. The van der Waals surface area contributed by atoms with Crippen molar-refractivity contribution in [1.29, 1.82) is 0 Å². The van der Waals surface area contributed by atoms with Crippen molar-refractivity contribution in [2.45, 2.75) is 19.3 Å². The summed E-state index contributed by atoms with van der Waals surface area (Å²) in [6.45, 7) is 0. The third kappa shape index (κ3) is 13.8. The van der Waals surface area contributed by atoms with Crippen molar-refractivity contribution in [2.75, 3.05) is 0 Å². The van der Waals surface area contributed by atoms with Gasteiger partial charge < -0.3 is 0 Å². The summed E-state index contributed by atoms with van der Waals surface area (Å²) in [5.41, 5.74) is 9.46. The first kappa shape index (κ1) is 41.4.